The number of nitrogens with zero attached hydrogens (tertiary/aromatic N) is 1. The molecule has 1 fully saturated rings. The third kappa shape index (κ3) is 2.71. The summed E-state index contributed by atoms with van der Waals surface area (Å²) in [4.78, 5) is 35.3. The number of amides is 2. The maximum Gasteiger partial charge on any atom is 0.311 e. The van der Waals surface area contributed by atoms with E-state index >= 15 is 0 Å². The molecule has 7 nitrogen and oxygen atoms in total. The number of hydrogen-bond acceptors (Lipinski definition) is 5. The summed E-state index contributed by atoms with van der Waals surface area (Å²) in [5.41, 5.74) is 2.43. The Kier molecular flexibility index (Phi) is 3.88. The molecule has 7 heteroatoms. The molecule has 1 aromatic rings. The first-order chi connectivity index (χ1) is 9.52. The Labute approximate surface area is 115 Å². The maximum atomic E-state index is 12.2. The van der Waals surface area contributed by atoms with E-state index in [1.165, 1.54) is 19.2 Å². The first kappa shape index (κ1) is 13.9. The molecule has 0 saturated carbocycles. The standard InChI is InChI=1S/C13H14N2O5/c1-20-13(19)8-6-11(17)14-15(7-8)12(18)9-4-2-3-5-10(9)16/h2-5,8,16H,6-7H2,1H3,(H,14,17). The molecule has 2 N–H and O–H groups in total. The molecule has 20 heavy (non-hydrogen) atoms. The number of methoxy groups -OCH3 is 1. The van der Waals surface area contributed by atoms with Crippen LogP contribution in [0.5, 0.6) is 5.75 Å². The normalized spacial score (nSPS) is 18.4. The number of carbonyl (C=O) groups excluding carboxylic acids is 3. The van der Waals surface area contributed by atoms with Gasteiger partial charge < -0.3 is 9.84 Å². The third-order valence-electron chi connectivity index (χ3n) is 3.01. The topological polar surface area (TPSA) is 95.9 Å². The summed E-state index contributed by atoms with van der Waals surface area (Å²) in [6.45, 7) is 0.00554. The van der Waals surface area contributed by atoms with Crippen LogP contribution in [0.2, 0.25) is 0 Å². The van der Waals surface area contributed by atoms with Gasteiger partial charge in [0.2, 0.25) is 5.91 Å². The van der Waals surface area contributed by atoms with Gasteiger partial charge >= 0.3 is 5.97 Å². The first-order valence-electron chi connectivity index (χ1n) is 6.00. The van der Waals surface area contributed by atoms with Gasteiger partial charge in [-0.3, -0.25) is 19.8 Å². The van der Waals surface area contributed by atoms with Gasteiger partial charge in [-0.05, 0) is 12.1 Å². The zero-order chi connectivity index (χ0) is 14.7. The SMILES string of the molecule is COC(=O)C1CC(=O)NN(C(=O)c2ccccc2O)C1. The van der Waals surface area contributed by atoms with Gasteiger partial charge in [0.25, 0.3) is 5.91 Å². The molecule has 1 atom stereocenters. The van der Waals surface area contributed by atoms with Crippen molar-refractivity contribution in [1.82, 2.24) is 10.4 Å². The molecule has 1 heterocycles. The van der Waals surface area contributed by atoms with Crippen molar-refractivity contribution >= 4 is 17.8 Å². The van der Waals surface area contributed by atoms with Gasteiger partial charge in [-0.2, -0.15) is 0 Å². The Hall–Kier alpha value is -2.57. The minimum absolute atomic E-state index is 0.00554. The summed E-state index contributed by atoms with van der Waals surface area (Å²) in [6, 6.07) is 5.98. The van der Waals surface area contributed by atoms with Crippen molar-refractivity contribution in [3.05, 3.63) is 29.8 Å². The molecule has 0 radical (unpaired) electrons. The smallest absolute Gasteiger partial charge is 0.311 e. The fraction of sp³-hybridized carbons (Fsp3) is 0.308. The second-order valence-electron chi connectivity index (χ2n) is 4.39. The van der Waals surface area contributed by atoms with Gasteiger partial charge in [-0.25, -0.2) is 5.01 Å². The molecular formula is C13H14N2O5. The van der Waals surface area contributed by atoms with Crippen LogP contribution in [0.4, 0.5) is 0 Å². The highest BCUT2D eigenvalue weighted by molar-refractivity contribution is 5.99. The lowest BCUT2D eigenvalue weighted by Gasteiger charge is -2.31. The fourth-order valence-corrected chi connectivity index (χ4v) is 2.01. The average molecular weight is 278 g/mol. The molecule has 2 amide bonds. The molecule has 106 valence electrons. The van der Waals surface area contributed by atoms with Crippen LogP contribution in [0.3, 0.4) is 0 Å². The molecule has 1 saturated heterocycles. The lowest BCUT2D eigenvalue weighted by Crippen LogP contribution is -2.54. The summed E-state index contributed by atoms with van der Waals surface area (Å²) < 4.78 is 4.59. The van der Waals surface area contributed by atoms with Gasteiger partial charge in [-0.1, -0.05) is 12.1 Å². The third-order valence-corrected chi connectivity index (χ3v) is 3.01. The van der Waals surface area contributed by atoms with Crippen molar-refractivity contribution < 1.29 is 24.2 Å². The number of ether oxygens (including phenoxy) is 1. The van der Waals surface area contributed by atoms with Crippen LogP contribution >= 0.6 is 0 Å². The summed E-state index contributed by atoms with van der Waals surface area (Å²) in [6.07, 6.45) is -0.0305. The summed E-state index contributed by atoms with van der Waals surface area (Å²) in [5, 5.41) is 10.7. The first-order valence-corrected chi connectivity index (χ1v) is 6.00. The van der Waals surface area contributed by atoms with Crippen LogP contribution in [-0.4, -0.2) is 41.6 Å². The van der Waals surface area contributed by atoms with Crippen molar-refractivity contribution in [2.24, 2.45) is 5.92 Å². The van der Waals surface area contributed by atoms with Gasteiger partial charge in [0.1, 0.15) is 5.75 Å². The molecule has 1 aliphatic rings. The Balaban J connectivity index is 2.19. The van der Waals surface area contributed by atoms with E-state index in [1.807, 2.05) is 0 Å². The van der Waals surface area contributed by atoms with Crippen LogP contribution in [0.15, 0.2) is 24.3 Å². The highest BCUT2D eigenvalue weighted by atomic mass is 16.5. The van der Waals surface area contributed by atoms with Crippen molar-refractivity contribution in [2.45, 2.75) is 6.42 Å². The number of para-hydroxylation sites is 1. The molecule has 1 aliphatic heterocycles. The Morgan fingerprint density at radius 3 is 2.75 bits per heavy atom. The lowest BCUT2D eigenvalue weighted by atomic mass is 10.0. The summed E-state index contributed by atoms with van der Waals surface area (Å²) in [7, 11) is 1.23. The molecule has 0 aromatic heterocycles. The van der Waals surface area contributed by atoms with E-state index < -0.39 is 23.7 Å². The number of carbonyl (C=O) groups is 3. The lowest BCUT2D eigenvalue weighted by molar-refractivity contribution is -0.151. The van der Waals surface area contributed by atoms with Crippen LogP contribution < -0.4 is 5.43 Å². The molecule has 2 rings (SSSR count). The number of phenols is 1. The van der Waals surface area contributed by atoms with Gasteiger partial charge in [0.15, 0.2) is 0 Å². The van der Waals surface area contributed by atoms with E-state index in [2.05, 4.69) is 10.2 Å². The van der Waals surface area contributed by atoms with Crippen molar-refractivity contribution in [3.8, 4) is 5.75 Å². The van der Waals surface area contributed by atoms with Crippen LogP contribution in [0.25, 0.3) is 0 Å². The number of hydrogen-bond donors (Lipinski definition) is 2. The summed E-state index contributed by atoms with van der Waals surface area (Å²) >= 11 is 0. The van der Waals surface area contributed by atoms with E-state index in [9.17, 15) is 19.5 Å². The second-order valence-corrected chi connectivity index (χ2v) is 4.39. The number of hydrazine groups is 1. The molecule has 1 aromatic carbocycles. The Morgan fingerprint density at radius 2 is 2.10 bits per heavy atom. The number of esters is 1. The van der Waals surface area contributed by atoms with Crippen LogP contribution in [0, 0.1) is 5.92 Å². The predicted octanol–water partition coefficient (Wildman–Crippen LogP) is 0.0585. The fourth-order valence-electron chi connectivity index (χ4n) is 2.01. The monoisotopic (exact) mass is 278 g/mol. The minimum atomic E-state index is -0.705. The largest absolute Gasteiger partial charge is 0.507 e. The second kappa shape index (κ2) is 5.60. The average Bonchev–Trinajstić information content (AvgIpc) is 2.45. The zero-order valence-electron chi connectivity index (χ0n) is 10.8. The van der Waals surface area contributed by atoms with E-state index in [1.54, 1.807) is 12.1 Å². The van der Waals surface area contributed by atoms with E-state index in [4.69, 9.17) is 0 Å². The number of rotatable bonds is 2. The number of phenolic OH excluding ortho intramolecular Hbond substituents is 1. The Bertz CT molecular complexity index is 557. The molecule has 0 aliphatic carbocycles. The predicted molar refractivity (Wildman–Crippen MR) is 67.4 cm³/mol. The maximum absolute atomic E-state index is 12.2. The molecule has 0 spiro atoms. The van der Waals surface area contributed by atoms with E-state index in [0.29, 0.717) is 0 Å². The van der Waals surface area contributed by atoms with E-state index in [-0.39, 0.29) is 24.3 Å². The highest BCUT2D eigenvalue weighted by Gasteiger charge is 2.34. The van der Waals surface area contributed by atoms with Crippen LogP contribution in [-0.2, 0) is 14.3 Å². The molecule has 1 unspecified atom stereocenters. The number of aromatic hydroxyl groups is 1. The van der Waals surface area contributed by atoms with Gasteiger partial charge in [0.05, 0.1) is 25.1 Å². The molecular weight excluding hydrogens is 264 g/mol. The number of nitrogens with one attached hydrogen (secondary N) is 1. The van der Waals surface area contributed by atoms with Crippen molar-refractivity contribution in [1.29, 1.82) is 0 Å². The van der Waals surface area contributed by atoms with E-state index in [0.717, 1.165) is 5.01 Å². The summed E-state index contributed by atoms with van der Waals surface area (Å²) in [5.74, 6) is -2.47. The van der Waals surface area contributed by atoms with Crippen molar-refractivity contribution in [3.63, 3.8) is 0 Å². The quantitative estimate of drug-likeness (QED) is 0.746. The van der Waals surface area contributed by atoms with Crippen LogP contribution in [0.1, 0.15) is 16.8 Å². The number of benzene rings is 1. The Morgan fingerprint density at radius 1 is 1.40 bits per heavy atom. The van der Waals surface area contributed by atoms with Gasteiger partial charge in [-0.15, -0.1) is 0 Å². The minimum Gasteiger partial charge on any atom is -0.507 e. The van der Waals surface area contributed by atoms with Gasteiger partial charge in [0, 0.05) is 6.42 Å². The van der Waals surface area contributed by atoms with Crippen molar-refractivity contribution in [2.75, 3.05) is 13.7 Å². The highest BCUT2D eigenvalue weighted by Crippen LogP contribution is 2.20. The molecule has 0 bridgehead atoms. The zero-order valence-corrected chi connectivity index (χ0v) is 10.8.